The van der Waals surface area contributed by atoms with E-state index in [1.165, 1.54) is 12.1 Å². The number of sulfonamides is 1. The molecule has 0 fully saturated rings. The van der Waals surface area contributed by atoms with Crippen LogP contribution in [0.25, 0.3) is 0 Å². The molecule has 1 aromatic carbocycles. The molecule has 0 aliphatic heterocycles. The van der Waals surface area contributed by atoms with Gasteiger partial charge < -0.3 is 10.6 Å². The molecule has 0 spiro atoms. The molecule has 0 saturated carbocycles. The number of primary sulfonamides is 1. The molecule has 0 radical (unpaired) electrons. The highest BCUT2D eigenvalue weighted by molar-refractivity contribution is 7.89. The van der Waals surface area contributed by atoms with E-state index in [-0.39, 0.29) is 23.1 Å². The van der Waals surface area contributed by atoms with Gasteiger partial charge in [-0.3, -0.25) is 9.59 Å². The number of hydrogen-bond acceptors (Lipinski definition) is 4. The van der Waals surface area contributed by atoms with Gasteiger partial charge in [0, 0.05) is 13.1 Å². The second kappa shape index (κ2) is 9.39. The molecule has 0 atom stereocenters. The average Bonchev–Trinajstić information content (AvgIpc) is 2.46. The van der Waals surface area contributed by atoms with Crippen LogP contribution in [-0.4, -0.2) is 33.3 Å². The molecule has 0 unspecified atom stereocenters. The van der Waals surface area contributed by atoms with Crippen LogP contribution in [0, 0.1) is 5.92 Å². The van der Waals surface area contributed by atoms with Crippen LogP contribution in [0.5, 0.6) is 0 Å². The zero-order valence-electron chi connectivity index (χ0n) is 14.0. The predicted octanol–water partition coefficient (Wildman–Crippen LogP) is 0.545. The van der Waals surface area contributed by atoms with Crippen molar-refractivity contribution in [3.8, 4) is 0 Å². The van der Waals surface area contributed by atoms with E-state index in [0.29, 0.717) is 25.4 Å². The van der Waals surface area contributed by atoms with Gasteiger partial charge in [-0.2, -0.15) is 0 Å². The molecule has 0 aliphatic carbocycles. The van der Waals surface area contributed by atoms with Crippen LogP contribution >= 0.6 is 0 Å². The number of benzene rings is 1. The van der Waals surface area contributed by atoms with Gasteiger partial charge in [0.1, 0.15) is 6.42 Å². The average molecular weight is 355 g/mol. The standard InChI is InChI=1S/C16H25N3O4S/c1-12(2)7-9-18-15(20)11-16(21)19-10-8-13-3-5-14(6-4-13)24(17,22)23/h3-6,12H,7-11H2,1-2H3,(H,18,20)(H,19,21)(H2,17,22,23). The van der Waals surface area contributed by atoms with Crippen LogP contribution in [0.15, 0.2) is 29.2 Å². The molecular formula is C16H25N3O4S. The van der Waals surface area contributed by atoms with Crippen molar-refractivity contribution in [2.45, 2.75) is 38.0 Å². The number of nitrogens with two attached hydrogens (primary N) is 1. The fraction of sp³-hybridized carbons (Fsp3) is 0.500. The Hall–Kier alpha value is -1.93. The summed E-state index contributed by atoms with van der Waals surface area (Å²) in [6.07, 6.45) is 1.22. The van der Waals surface area contributed by atoms with Crippen LogP contribution in [-0.2, 0) is 26.0 Å². The summed E-state index contributed by atoms with van der Waals surface area (Å²) in [7, 11) is -3.69. The van der Waals surface area contributed by atoms with E-state index in [2.05, 4.69) is 24.5 Å². The lowest BCUT2D eigenvalue weighted by Gasteiger charge is -2.08. The molecule has 1 aromatic rings. The van der Waals surface area contributed by atoms with E-state index in [0.717, 1.165) is 12.0 Å². The Balaban J connectivity index is 2.29. The maximum absolute atomic E-state index is 11.7. The van der Waals surface area contributed by atoms with Gasteiger partial charge in [-0.05, 0) is 36.5 Å². The van der Waals surface area contributed by atoms with Crippen molar-refractivity contribution < 1.29 is 18.0 Å². The van der Waals surface area contributed by atoms with Crippen molar-refractivity contribution in [3.63, 3.8) is 0 Å². The summed E-state index contributed by atoms with van der Waals surface area (Å²) in [4.78, 5) is 23.3. The number of hydrogen-bond donors (Lipinski definition) is 3. The first-order valence-corrected chi connectivity index (χ1v) is 9.38. The number of amides is 2. The van der Waals surface area contributed by atoms with E-state index < -0.39 is 10.0 Å². The molecule has 0 bridgehead atoms. The maximum atomic E-state index is 11.7. The third kappa shape index (κ3) is 8.07. The summed E-state index contributed by atoms with van der Waals surface area (Å²) < 4.78 is 22.3. The van der Waals surface area contributed by atoms with Crippen molar-refractivity contribution in [2.75, 3.05) is 13.1 Å². The molecule has 0 heterocycles. The van der Waals surface area contributed by atoms with Gasteiger partial charge in [-0.15, -0.1) is 0 Å². The Bertz CT molecular complexity index is 654. The van der Waals surface area contributed by atoms with Gasteiger partial charge in [-0.1, -0.05) is 26.0 Å². The molecular weight excluding hydrogens is 330 g/mol. The maximum Gasteiger partial charge on any atom is 0.238 e. The Labute approximate surface area is 143 Å². The normalized spacial score (nSPS) is 11.3. The largest absolute Gasteiger partial charge is 0.356 e. The van der Waals surface area contributed by atoms with Crippen molar-refractivity contribution in [1.82, 2.24) is 10.6 Å². The second-order valence-electron chi connectivity index (χ2n) is 6.00. The monoisotopic (exact) mass is 355 g/mol. The quantitative estimate of drug-likeness (QED) is 0.560. The number of carbonyl (C=O) groups excluding carboxylic acids is 2. The molecule has 2 amide bonds. The summed E-state index contributed by atoms with van der Waals surface area (Å²) in [5.41, 5.74) is 0.865. The van der Waals surface area contributed by atoms with Crippen LogP contribution < -0.4 is 15.8 Å². The Morgan fingerprint density at radius 2 is 1.58 bits per heavy atom. The molecule has 1 rings (SSSR count). The van der Waals surface area contributed by atoms with Gasteiger partial charge >= 0.3 is 0 Å². The van der Waals surface area contributed by atoms with E-state index in [4.69, 9.17) is 5.14 Å². The van der Waals surface area contributed by atoms with E-state index in [1.807, 2.05) is 0 Å². The molecule has 4 N–H and O–H groups in total. The minimum Gasteiger partial charge on any atom is -0.356 e. The highest BCUT2D eigenvalue weighted by Gasteiger charge is 2.09. The molecule has 134 valence electrons. The number of carbonyl (C=O) groups is 2. The topological polar surface area (TPSA) is 118 Å². The summed E-state index contributed by atoms with van der Waals surface area (Å²) in [6, 6.07) is 6.14. The minimum atomic E-state index is -3.69. The fourth-order valence-electron chi connectivity index (χ4n) is 1.96. The molecule has 0 saturated heterocycles. The van der Waals surface area contributed by atoms with Crippen molar-refractivity contribution in [3.05, 3.63) is 29.8 Å². The smallest absolute Gasteiger partial charge is 0.238 e. The van der Waals surface area contributed by atoms with Gasteiger partial charge in [-0.25, -0.2) is 13.6 Å². The first kappa shape index (κ1) is 20.1. The summed E-state index contributed by atoms with van der Waals surface area (Å²) in [5, 5.41) is 10.4. The minimum absolute atomic E-state index is 0.0494. The summed E-state index contributed by atoms with van der Waals surface area (Å²) in [6.45, 7) is 5.07. The van der Waals surface area contributed by atoms with Crippen molar-refractivity contribution in [1.29, 1.82) is 0 Å². The Morgan fingerprint density at radius 3 is 2.08 bits per heavy atom. The highest BCUT2D eigenvalue weighted by atomic mass is 32.2. The second-order valence-corrected chi connectivity index (χ2v) is 7.56. The van der Waals surface area contributed by atoms with E-state index >= 15 is 0 Å². The van der Waals surface area contributed by atoms with E-state index in [1.54, 1.807) is 12.1 Å². The first-order valence-electron chi connectivity index (χ1n) is 7.83. The molecule has 24 heavy (non-hydrogen) atoms. The fourth-order valence-corrected chi connectivity index (χ4v) is 2.48. The lowest BCUT2D eigenvalue weighted by atomic mass is 10.1. The van der Waals surface area contributed by atoms with Crippen molar-refractivity contribution >= 4 is 21.8 Å². The number of nitrogens with one attached hydrogen (secondary N) is 2. The molecule has 7 nitrogen and oxygen atoms in total. The summed E-state index contributed by atoms with van der Waals surface area (Å²) >= 11 is 0. The third-order valence-corrected chi connectivity index (χ3v) is 4.28. The van der Waals surface area contributed by atoms with E-state index in [9.17, 15) is 18.0 Å². The Morgan fingerprint density at radius 1 is 1.04 bits per heavy atom. The number of rotatable bonds is 9. The zero-order valence-corrected chi connectivity index (χ0v) is 14.9. The third-order valence-electron chi connectivity index (χ3n) is 3.35. The van der Waals surface area contributed by atoms with Gasteiger partial charge in [0.2, 0.25) is 21.8 Å². The van der Waals surface area contributed by atoms with Gasteiger partial charge in [0.15, 0.2) is 0 Å². The molecule has 8 heteroatoms. The highest BCUT2D eigenvalue weighted by Crippen LogP contribution is 2.08. The van der Waals surface area contributed by atoms with Crippen LogP contribution in [0.2, 0.25) is 0 Å². The van der Waals surface area contributed by atoms with Gasteiger partial charge in [0.25, 0.3) is 0 Å². The summed E-state index contributed by atoms with van der Waals surface area (Å²) in [5.74, 6) is -0.122. The van der Waals surface area contributed by atoms with Crippen molar-refractivity contribution in [2.24, 2.45) is 11.1 Å². The predicted molar refractivity (Wildman–Crippen MR) is 91.6 cm³/mol. The Kier molecular flexibility index (Phi) is 7.87. The SMILES string of the molecule is CC(C)CCNC(=O)CC(=O)NCCc1ccc(S(N)(=O)=O)cc1. The first-order chi connectivity index (χ1) is 11.2. The lowest BCUT2D eigenvalue weighted by molar-refractivity contribution is -0.129. The lowest BCUT2D eigenvalue weighted by Crippen LogP contribution is -2.33. The van der Waals surface area contributed by atoms with Gasteiger partial charge in [0.05, 0.1) is 4.90 Å². The zero-order chi connectivity index (χ0) is 18.2. The van der Waals surface area contributed by atoms with Crippen LogP contribution in [0.4, 0.5) is 0 Å². The molecule has 0 aliphatic rings. The molecule has 0 aromatic heterocycles. The van der Waals surface area contributed by atoms with Crippen LogP contribution in [0.3, 0.4) is 0 Å². The van der Waals surface area contributed by atoms with Crippen LogP contribution in [0.1, 0.15) is 32.3 Å².